The van der Waals surface area contributed by atoms with Crippen molar-refractivity contribution in [1.29, 1.82) is 0 Å². The smallest absolute Gasteiger partial charge is 0.142 e. The van der Waals surface area contributed by atoms with Crippen LogP contribution in [0.15, 0.2) is 34.9 Å². The lowest BCUT2D eigenvalue weighted by Crippen LogP contribution is -2.01. The maximum Gasteiger partial charge on any atom is 0.142 e. The van der Waals surface area contributed by atoms with Crippen molar-refractivity contribution < 1.29 is 4.39 Å². The van der Waals surface area contributed by atoms with Crippen LogP contribution < -0.4 is 0 Å². The van der Waals surface area contributed by atoms with E-state index >= 15 is 0 Å². The number of H-pyrrole nitrogens is 1. The van der Waals surface area contributed by atoms with Crippen LogP contribution in [0.3, 0.4) is 0 Å². The molecule has 0 saturated heterocycles. The molecule has 0 amide bonds. The van der Waals surface area contributed by atoms with Crippen molar-refractivity contribution in [1.82, 2.24) is 15.0 Å². The van der Waals surface area contributed by atoms with E-state index in [2.05, 4.69) is 30.9 Å². The monoisotopic (exact) mass is 333 g/mol. The maximum absolute atomic E-state index is 13.7. The van der Waals surface area contributed by atoms with E-state index < -0.39 is 0 Å². The van der Waals surface area contributed by atoms with Crippen molar-refractivity contribution in [2.75, 3.05) is 0 Å². The van der Waals surface area contributed by atoms with Gasteiger partial charge in [-0.25, -0.2) is 14.4 Å². The van der Waals surface area contributed by atoms with Gasteiger partial charge in [0, 0.05) is 10.7 Å². The summed E-state index contributed by atoms with van der Waals surface area (Å²) in [7, 11) is 0. The average Bonchev–Trinajstić information content (AvgIpc) is 2.79. The van der Waals surface area contributed by atoms with E-state index in [1.165, 1.54) is 6.07 Å². The summed E-state index contributed by atoms with van der Waals surface area (Å²) in [5, 5.41) is 0.979. The van der Waals surface area contributed by atoms with Crippen molar-refractivity contribution >= 4 is 27.0 Å². The second kappa shape index (κ2) is 5.32. The molecule has 20 heavy (non-hydrogen) atoms. The third-order valence-corrected chi connectivity index (χ3v) is 3.88. The van der Waals surface area contributed by atoms with Crippen LogP contribution in [0.2, 0.25) is 0 Å². The number of hydrogen-bond donors (Lipinski definition) is 1. The first-order valence-electron chi connectivity index (χ1n) is 6.38. The Balaban J connectivity index is 1.95. The van der Waals surface area contributed by atoms with Crippen molar-refractivity contribution in [2.45, 2.75) is 19.8 Å². The Hall–Kier alpha value is -1.75. The zero-order valence-electron chi connectivity index (χ0n) is 11.0. The van der Waals surface area contributed by atoms with Gasteiger partial charge in [-0.2, -0.15) is 0 Å². The molecule has 0 spiro atoms. The molecule has 0 fully saturated rings. The summed E-state index contributed by atoms with van der Waals surface area (Å²) in [6.07, 6.45) is 3.15. The first kappa shape index (κ1) is 13.2. The van der Waals surface area contributed by atoms with Crippen LogP contribution in [-0.2, 0) is 12.8 Å². The van der Waals surface area contributed by atoms with Crippen LogP contribution in [0, 0.1) is 12.7 Å². The van der Waals surface area contributed by atoms with E-state index in [4.69, 9.17) is 0 Å². The number of aromatic amines is 1. The van der Waals surface area contributed by atoms with E-state index in [1.807, 2.05) is 25.3 Å². The number of nitrogens with zero attached hydrogens (tertiary/aromatic N) is 2. The molecular weight excluding hydrogens is 321 g/mol. The second-order valence-electron chi connectivity index (χ2n) is 4.67. The zero-order valence-corrected chi connectivity index (χ0v) is 12.5. The molecule has 5 heteroatoms. The van der Waals surface area contributed by atoms with E-state index in [0.717, 1.165) is 27.0 Å². The first-order valence-corrected chi connectivity index (χ1v) is 7.18. The van der Waals surface area contributed by atoms with Gasteiger partial charge in [-0.15, -0.1) is 0 Å². The summed E-state index contributed by atoms with van der Waals surface area (Å²) < 4.78 is 14.6. The number of hydrogen-bond acceptors (Lipinski definition) is 2. The minimum Gasteiger partial charge on any atom is -0.345 e. The van der Waals surface area contributed by atoms with Crippen LogP contribution in [0.1, 0.15) is 17.1 Å². The molecule has 102 valence electrons. The summed E-state index contributed by atoms with van der Waals surface area (Å²) in [5.41, 5.74) is 2.46. The number of aryl methyl sites for hydroxylation is 3. The number of aromatic nitrogens is 3. The molecule has 0 radical (unpaired) electrons. The third kappa shape index (κ3) is 2.45. The fraction of sp³-hybridized carbons (Fsp3) is 0.200. The van der Waals surface area contributed by atoms with Crippen molar-refractivity contribution in [3.05, 3.63) is 57.8 Å². The summed E-state index contributed by atoms with van der Waals surface area (Å²) >= 11 is 3.50. The van der Waals surface area contributed by atoms with Crippen LogP contribution in [0.5, 0.6) is 0 Å². The summed E-state index contributed by atoms with van der Waals surface area (Å²) in [6, 6.07) is 6.86. The van der Waals surface area contributed by atoms with Gasteiger partial charge >= 0.3 is 0 Å². The van der Waals surface area contributed by atoms with Crippen molar-refractivity contribution in [3.8, 4) is 0 Å². The molecule has 3 nitrogen and oxygen atoms in total. The Labute approximate surface area is 124 Å². The van der Waals surface area contributed by atoms with Gasteiger partial charge in [-0.05, 0) is 47.3 Å². The number of rotatable bonds is 3. The normalized spacial score (nSPS) is 11.2. The highest BCUT2D eigenvalue weighted by Gasteiger charge is 2.11. The molecule has 0 bridgehead atoms. The second-order valence-corrected chi connectivity index (χ2v) is 5.52. The van der Waals surface area contributed by atoms with Gasteiger partial charge in [-0.3, -0.25) is 0 Å². The molecule has 0 aliphatic heterocycles. The van der Waals surface area contributed by atoms with Crippen LogP contribution in [-0.4, -0.2) is 15.0 Å². The molecule has 3 rings (SSSR count). The minimum absolute atomic E-state index is 0.164. The largest absolute Gasteiger partial charge is 0.345 e. The van der Waals surface area contributed by atoms with Gasteiger partial charge in [0.1, 0.15) is 17.3 Å². The zero-order chi connectivity index (χ0) is 14.1. The highest BCUT2D eigenvalue weighted by Crippen LogP contribution is 2.26. The Morgan fingerprint density at radius 2 is 2.00 bits per heavy atom. The minimum atomic E-state index is -0.164. The molecule has 0 aliphatic carbocycles. The number of fused-ring (bicyclic) bond motifs is 1. The van der Waals surface area contributed by atoms with E-state index in [0.29, 0.717) is 18.4 Å². The fourth-order valence-corrected chi connectivity index (χ4v) is 2.86. The molecule has 0 atom stereocenters. The number of benzene rings is 1. The molecule has 0 unspecified atom stereocenters. The Bertz CT molecular complexity index is 767. The number of nitrogens with one attached hydrogen (secondary N) is 1. The van der Waals surface area contributed by atoms with Gasteiger partial charge in [0.15, 0.2) is 0 Å². The van der Waals surface area contributed by atoms with Crippen LogP contribution in [0.4, 0.5) is 4.39 Å². The maximum atomic E-state index is 13.7. The van der Waals surface area contributed by atoms with E-state index in [1.54, 1.807) is 6.07 Å². The van der Waals surface area contributed by atoms with Crippen molar-refractivity contribution in [3.63, 3.8) is 0 Å². The van der Waals surface area contributed by atoms with Gasteiger partial charge in [-0.1, -0.05) is 18.2 Å². The molecular formula is C15H13BrFN3. The van der Waals surface area contributed by atoms with Gasteiger partial charge < -0.3 is 4.98 Å². The van der Waals surface area contributed by atoms with Crippen LogP contribution in [0.25, 0.3) is 11.0 Å². The fourth-order valence-electron chi connectivity index (χ4n) is 2.32. The lowest BCUT2D eigenvalue weighted by atomic mass is 10.1. The molecule has 3 aromatic rings. The predicted molar refractivity (Wildman–Crippen MR) is 80.1 cm³/mol. The Morgan fingerprint density at radius 3 is 2.80 bits per heavy atom. The number of halogens is 2. The third-order valence-electron chi connectivity index (χ3n) is 3.26. The average molecular weight is 334 g/mol. The quantitative estimate of drug-likeness (QED) is 0.788. The molecule has 0 aliphatic rings. The standard InChI is InChI=1S/C15H13BrFN3/c1-9-19-13(14-11(16)8-18-15(14)20-9)7-6-10-4-2-3-5-12(10)17/h2-5,8H,6-7H2,1H3,(H,18,19,20). The molecule has 2 heterocycles. The Kier molecular flexibility index (Phi) is 3.53. The first-order chi connectivity index (χ1) is 9.65. The lowest BCUT2D eigenvalue weighted by molar-refractivity contribution is 0.608. The summed E-state index contributed by atoms with van der Waals surface area (Å²) in [6.45, 7) is 1.86. The molecule has 1 aromatic carbocycles. The molecule has 2 aromatic heterocycles. The summed E-state index contributed by atoms with van der Waals surface area (Å²) in [4.78, 5) is 12.0. The molecule has 0 saturated carbocycles. The van der Waals surface area contributed by atoms with E-state index in [9.17, 15) is 4.39 Å². The van der Waals surface area contributed by atoms with Gasteiger partial charge in [0.2, 0.25) is 0 Å². The predicted octanol–water partition coefficient (Wildman–Crippen LogP) is 3.95. The van der Waals surface area contributed by atoms with E-state index in [-0.39, 0.29) is 5.82 Å². The lowest BCUT2D eigenvalue weighted by Gasteiger charge is -2.06. The highest BCUT2D eigenvalue weighted by atomic mass is 79.9. The highest BCUT2D eigenvalue weighted by molar-refractivity contribution is 9.10. The van der Waals surface area contributed by atoms with Gasteiger partial charge in [0.05, 0.1) is 11.1 Å². The SMILES string of the molecule is Cc1nc(CCc2ccccc2F)c2c(Br)c[nH]c2n1. The van der Waals surface area contributed by atoms with Crippen molar-refractivity contribution in [2.24, 2.45) is 0 Å². The topological polar surface area (TPSA) is 41.6 Å². The molecule has 1 N–H and O–H groups in total. The Morgan fingerprint density at radius 1 is 1.20 bits per heavy atom. The van der Waals surface area contributed by atoms with Gasteiger partial charge in [0.25, 0.3) is 0 Å². The van der Waals surface area contributed by atoms with Crippen LogP contribution >= 0.6 is 15.9 Å². The summed E-state index contributed by atoms with van der Waals surface area (Å²) in [5.74, 6) is 0.554.